The van der Waals surface area contributed by atoms with Gasteiger partial charge >= 0.3 is 0 Å². The highest BCUT2D eigenvalue weighted by molar-refractivity contribution is 5.74. The molecule has 1 heterocycles. The summed E-state index contributed by atoms with van der Waals surface area (Å²) in [7, 11) is 0. The summed E-state index contributed by atoms with van der Waals surface area (Å²) in [4.78, 5) is 15.3. The van der Waals surface area contributed by atoms with E-state index >= 15 is 0 Å². The molecule has 0 radical (unpaired) electrons. The zero-order chi connectivity index (χ0) is 10.4. The Morgan fingerprint density at radius 3 is 3.14 bits per heavy atom. The van der Waals surface area contributed by atoms with Crippen LogP contribution >= 0.6 is 0 Å². The monoisotopic (exact) mass is 202 g/mol. The SMILES string of the molecule is CCC1CC(NOCC(N)=O)CCO1. The molecule has 0 aromatic carbocycles. The molecule has 3 N–H and O–H groups in total. The molecule has 0 aromatic heterocycles. The molecule has 2 atom stereocenters. The number of carbonyl (C=O) groups excluding carboxylic acids is 1. The molecule has 1 aliphatic rings. The molecule has 5 heteroatoms. The summed E-state index contributed by atoms with van der Waals surface area (Å²) in [5, 5.41) is 0. The number of carbonyl (C=O) groups is 1. The smallest absolute Gasteiger partial charge is 0.245 e. The van der Waals surface area contributed by atoms with Crippen molar-refractivity contribution in [3.05, 3.63) is 0 Å². The summed E-state index contributed by atoms with van der Waals surface area (Å²) in [5.41, 5.74) is 7.77. The number of nitrogens with one attached hydrogen (secondary N) is 1. The first-order chi connectivity index (χ1) is 6.72. The van der Waals surface area contributed by atoms with Crippen LogP contribution in [0.3, 0.4) is 0 Å². The Morgan fingerprint density at radius 1 is 1.71 bits per heavy atom. The van der Waals surface area contributed by atoms with Gasteiger partial charge in [0.2, 0.25) is 5.91 Å². The van der Waals surface area contributed by atoms with Crippen LogP contribution in [-0.2, 0) is 14.4 Å². The van der Waals surface area contributed by atoms with Crippen molar-refractivity contribution in [3.8, 4) is 0 Å². The Labute approximate surface area is 83.9 Å². The van der Waals surface area contributed by atoms with Gasteiger partial charge in [-0.05, 0) is 19.3 Å². The number of hydrogen-bond acceptors (Lipinski definition) is 4. The molecule has 0 spiro atoms. The Morgan fingerprint density at radius 2 is 2.50 bits per heavy atom. The largest absolute Gasteiger partial charge is 0.378 e. The van der Waals surface area contributed by atoms with Crippen molar-refractivity contribution in [2.24, 2.45) is 5.73 Å². The lowest BCUT2D eigenvalue weighted by molar-refractivity contribution is -0.127. The van der Waals surface area contributed by atoms with E-state index in [4.69, 9.17) is 15.3 Å². The van der Waals surface area contributed by atoms with Gasteiger partial charge < -0.3 is 10.5 Å². The lowest BCUT2D eigenvalue weighted by atomic mass is 10.0. The maximum absolute atomic E-state index is 10.4. The second-order valence-electron chi connectivity index (χ2n) is 3.50. The highest BCUT2D eigenvalue weighted by Crippen LogP contribution is 2.15. The van der Waals surface area contributed by atoms with Crippen LogP contribution in [0.2, 0.25) is 0 Å². The summed E-state index contributed by atoms with van der Waals surface area (Å²) >= 11 is 0. The summed E-state index contributed by atoms with van der Waals surface area (Å²) in [6.07, 6.45) is 3.15. The van der Waals surface area contributed by atoms with Crippen molar-refractivity contribution in [1.29, 1.82) is 0 Å². The molecule has 1 amide bonds. The fourth-order valence-corrected chi connectivity index (χ4v) is 1.50. The third kappa shape index (κ3) is 4.04. The minimum atomic E-state index is -0.461. The van der Waals surface area contributed by atoms with Crippen LogP contribution in [0.4, 0.5) is 0 Å². The Bertz CT molecular complexity index is 187. The van der Waals surface area contributed by atoms with E-state index in [2.05, 4.69) is 12.4 Å². The predicted octanol–water partition coefficient (Wildman–Crippen LogP) is -0.0495. The van der Waals surface area contributed by atoms with Crippen LogP contribution in [0.15, 0.2) is 0 Å². The van der Waals surface area contributed by atoms with E-state index < -0.39 is 5.91 Å². The summed E-state index contributed by atoms with van der Waals surface area (Å²) in [6, 6.07) is 0.271. The van der Waals surface area contributed by atoms with E-state index in [-0.39, 0.29) is 12.6 Å². The van der Waals surface area contributed by atoms with Gasteiger partial charge in [-0.15, -0.1) is 0 Å². The van der Waals surface area contributed by atoms with E-state index in [1.807, 2.05) is 0 Å². The third-order valence-electron chi connectivity index (χ3n) is 2.29. The second-order valence-corrected chi connectivity index (χ2v) is 3.50. The standard InChI is InChI=1S/C9H18N2O3/c1-2-8-5-7(3-4-13-8)11-14-6-9(10)12/h7-8,11H,2-6H2,1H3,(H2,10,12). The number of amides is 1. The number of rotatable bonds is 5. The average Bonchev–Trinajstić information content (AvgIpc) is 2.18. The molecule has 82 valence electrons. The van der Waals surface area contributed by atoms with Crippen LogP contribution in [0.5, 0.6) is 0 Å². The van der Waals surface area contributed by atoms with Crippen LogP contribution in [0.1, 0.15) is 26.2 Å². The van der Waals surface area contributed by atoms with Gasteiger partial charge in [0.25, 0.3) is 0 Å². The zero-order valence-electron chi connectivity index (χ0n) is 8.49. The second kappa shape index (κ2) is 5.95. The van der Waals surface area contributed by atoms with Gasteiger partial charge in [0.1, 0.15) is 6.61 Å². The Hall–Kier alpha value is -0.650. The van der Waals surface area contributed by atoms with Crippen LogP contribution in [-0.4, -0.2) is 31.3 Å². The third-order valence-corrected chi connectivity index (χ3v) is 2.29. The molecule has 0 saturated carbocycles. The highest BCUT2D eigenvalue weighted by Gasteiger charge is 2.21. The molecular weight excluding hydrogens is 184 g/mol. The van der Waals surface area contributed by atoms with E-state index in [0.717, 1.165) is 25.9 Å². The van der Waals surface area contributed by atoms with Gasteiger partial charge in [-0.2, -0.15) is 5.48 Å². The van der Waals surface area contributed by atoms with Crippen molar-refractivity contribution in [1.82, 2.24) is 5.48 Å². The van der Waals surface area contributed by atoms with E-state index in [9.17, 15) is 4.79 Å². The van der Waals surface area contributed by atoms with Gasteiger partial charge in [0, 0.05) is 12.6 Å². The maximum Gasteiger partial charge on any atom is 0.245 e. The van der Waals surface area contributed by atoms with Gasteiger partial charge in [-0.1, -0.05) is 6.92 Å². The molecule has 1 fully saturated rings. The van der Waals surface area contributed by atoms with Gasteiger partial charge in [-0.25, -0.2) is 0 Å². The minimum absolute atomic E-state index is 0.0752. The number of nitrogens with two attached hydrogens (primary N) is 1. The van der Waals surface area contributed by atoms with Gasteiger partial charge in [0.15, 0.2) is 0 Å². The summed E-state index contributed by atoms with van der Waals surface area (Å²) in [6.45, 7) is 2.77. The fraction of sp³-hybridized carbons (Fsp3) is 0.889. The predicted molar refractivity (Wildman–Crippen MR) is 51.3 cm³/mol. The van der Waals surface area contributed by atoms with Gasteiger partial charge in [0.05, 0.1) is 6.10 Å². The van der Waals surface area contributed by atoms with Crippen molar-refractivity contribution >= 4 is 5.91 Å². The Kier molecular flexibility index (Phi) is 4.86. The van der Waals surface area contributed by atoms with E-state index in [1.165, 1.54) is 0 Å². The van der Waals surface area contributed by atoms with Crippen molar-refractivity contribution in [2.45, 2.75) is 38.3 Å². The quantitative estimate of drug-likeness (QED) is 0.613. The van der Waals surface area contributed by atoms with Gasteiger partial charge in [-0.3, -0.25) is 9.63 Å². The topological polar surface area (TPSA) is 73.6 Å². The number of ether oxygens (including phenoxy) is 1. The number of primary amides is 1. The molecule has 0 aliphatic carbocycles. The molecule has 0 bridgehead atoms. The zero-order valence-corrected chi connectivity index (χ0v) is 8.49. The fourth-order valence-electron chi connectivity index (χ4n) is 1.50. The normalized spacial score (nSPS) is 27.5. The molecule has 1 saturated heterocycles. The van der Waals surface area contributed by atoms with Crippen LogP contribution in [0, 0.1) is 0 Å². The number of hydrogen-bond donors (Lipinski definition) is 2. The van der Waals surface area contributed by atoms with E-state index in [0.29, 0.717) is 6.10 Å². The first kappa shape index (κ1) is 11.4. The molecule has 0 aromatic rings. The molecule has 2 unspecified atom stereocenters. The van der Waals surface area contributed by atoms with E-state index in [1.54, 1.807) is 0 Å². The molecule has 1 rings (SSSR count). The summed E-state index contributed by atoms with van der Waals surface area (Å²) < 4.78 is 5.50. The number of hydroxylamine groups is 1. The van der Waals surface area contributed by atoms with Crippen molar-refractivity contribution in [3.63, 3.8) is 0 Å². The first-order valence-electron chi connectivity index (χ1n) is 4.99. The lowest BCUT2D eigenvalue weighted by Crippen LogP contribution is -2.40. The minimum Gasteiger partial charge on any atom is -0.378 e. The van der Waals surface area contributed by atoms with Crippen molar-refractivity contribution < 1.29 is 14.4 Å². The summed E-state index contributed by atoms with van der Waals surface area (Å²) in [5.74, 6) is -0.461. The highest BCUT2D eigenvalue weighted by atomic mass is 16.6. The molecule has 1 aliphatic heterocycles. The van der Waals surface area contributed by atoms with Crippen molar-refractivity contribution in [2.75, 3.05) is 13.2 Å². The van der Waals surface area contributed by atoms with Crippen LogP contribution < -0.4 is 11.2 Å². The molecule has 14 heavy (non-hydrogen) atoms. The molecule has 5 nitrogen and oxygen atoms in total. The van der Waals surface area contributed by atoms with Crippen LogP contribution in [0.25, 0.3) is 0 Å². The first-order valence-corrected chi connectivity index (χ1v) is 4.99. The molecular formula is C9H18N2O3. The average molecular weight is 202 g/mol. The lowest BCUT2D eigenvalue weighted by Gasteiger charge is -2.28. The Balaban J connectivity index is 2.14. The maximum atomic E-state index is 10.4.